The second-order valence-electron chi connectivity index (χ2n) is 3.36. The number of aliphatic hydroxyl groups excluding tert-OH is 1. The molecule has 0 bridgehead atoms. The zero-order chi connectivity index (χ0) is 10.4. The summed E-state index contributed by atoms with van der Waals surface area (Å²) in [6, 6.07) is 7.90. The van der Waals surface area contributed by atoms with Gasteiger partial charge in [-0.25, -0.2) is 0 Å². The van der Waals surface area contributed by atoms with Crippen LogP contribution in [0.3, 0.4) is 0 Å². The normalized spacial score (nSPS) is 12.4. The molecular weight excluding hydrogens is 174 g/mol. The topological polar surface area (TPSA) is 46.2 Å². The number of aliphatic hydroxyl groups is 1. The quantitative estimate of drug-likeness (QED) is 0.697. The van der Waals surface area contributed by atoms with Crippen molar-refractivity contribution >= 4 is 0 Å². The Kier molecular flexibility index (Phi) is 4.36. The van der Waals surface area contributed by atoms with E-state index >= 15 is 0 Å². The second kappa shape index (κ2) is 5.58. The molecule has 0 spiro atoms. The van der Waals surface area contributed by atoms with E-state index in [9.17, 15) is 0 Å². The molecule has 0 saturated heterocycles. The Balaban J connectivity index is 2.77. The molecule has 0 heterocycles. The smallest absolute Gasteiger partial charge is 0.0681 e. The summed E-state index contributed by atoms with van der Waals surface area (Å²) < 4.78 is 0. The lowest BCUT2D eigenvalue weighted by Crippen LogP contribution is -2.11. The molecule has 0 radical (unpaired) electrons. The molecule has 3 N–H and O–H groups in total. The molecule has 0 fully saturated rings. The third kappa shape index (κ3) is 2.69. The Labute approximate surface area is 85.1 Å². The first kappa shape index (κ1) is 11.0. The zero-order valence-electron chi connectivity index (χ0n) is 8.32. The summed E-state index contributed by atoms with van der Waals surface area (Å²) in [4.78, 5) is 0. The van der Waals surface area contributed by atoms with Crippen LogP contribution in [0.25, 0.3) is 0 Å². The van der Waals surface area contributed by atoms with Gasteiger partial charge < -0.3 is 10.8 Å². The highest BCUT2D eigenvalue weighted by Crippen LogP contribution is 2.19. The minimum Gasteiger partial charge on any atom is -0.392 e. The highest BCUT2D eigenvalue weighted by atomic mass is 16.3. The van der Waals surface area contributed by atoms with E-state index in [0.29, 0.717) is 12.5 Å². The lowest BCUT2D eigenvalue weighted by Gasteiger charge is -2.12. The first-order valence-electron chi connectivity index (χ1n) is 4.82. The van der Waals surface area contributed by atoms with Crippen molar-refractivity contribution in [2.24, 2.45) is 5.73 Å². The summed E-state index contributed by atoms with van der Waals surface area (Å²) >= 11 is 0. The number of rotatable bonds is 5. The van der Waals surface area contributed by atoms with Crippen LogP contribution in [0, 0.1) is 0 Å². The van der Waals surface area contributed by atoms with Crippen molar-refractivity contribution in [1.82, 2.24) is 0 Å². The number of hydrogen-bond donors (Lipinski definition) is 2. The van der Waals surface area contributed by atoms with E-state index < -0.39 is 0 Å². The average Bonchev–Trinajstić information content (AvgIpc) is 2.26. The third-order valence-electron chi connectivity index (χ3n) is 2.37. The molecule has 0 aromatic heterocycles. The van der Waals surface area contributed by atoms with E-state index in [4.69, 9.17) is 10.8 Å². The standard InChI is InChI=1S/C12H17NO/c1-2-3-12(8-13)11-6-4-10(9-14)5-7-11/h2,4-7,12,14H,1,3,8-9,13H2. The fourth-order valence-corrected chi connectivity index (χ4v) is 1.46. The van der Waals surface area contributed by atoms with Gasteiger partial charge in [0.2, 0.25) is 0 Å². The molecule has 2 nitrogen and oxygen atoms in total. The van der Waals surface area contributed by atoms with E-state index in [-0.39, 0.29) is 6.61 Å². The molecule has 1 aromatic carbocycles. The van der Waals surface area contributed by atoms with Crippen LogP contribution in [0.2, 0.25) is 0 Å². The van der Waals surface area contributed by atoms with Gasteiger partial charge in [0.05, 0.1) is 6.61 Å². The molecule has 0 amide bonds. The van der Waals surface area contributed by atoms with Crippen LogP contribution in [0.5, 0.6) is 0 Å². The molecular formula is C12H17NO. The maximum atomic E-state index is 8.89. The molecule has 1 aromatic rings. The summed E-state index contributed by atoms with van der Waals surface area (Å²) in [5.74, 6) is 0.347. The number of benzene rings is 1. The van der Waals surface area contributed by atoms with Gasteiger partial charge in [-0.3, -0.25) is 0 Å². The van der Waals surface area contributed by atoms with Crippen molar-refractivity contribution in [1.29, 1.82) is 0 Å². The van der Waals surface area contributed by atoms with Gasteiger partial charge in [0.15, 0.2) is 0 Å². The van der Waals surface area contributed by atoms with Crippen LogP contribution in [-0.4, -0.2) is 11.7 Å². The Bertz CT molecular complexity index is 279. The van der Waals surface area contributed by atoms with E-state index in [1.807, 2.05) is 30.3 Å². The van der Waals surface area contributed by atoms with Crippen molar-refractivity contribution in [2.75, 3.05) is 6.54 Å². The van der Waals surface area contributed by atoms with Gasteiger partial charge in [0.1, 0.15) is 0 Å². The van der Waals surface area contributed by atoms with Gasteiger partial charge in [-0.15, -0.1) is 6.58 Å². The van der Waals surface area contributed by atoms with Crippen LogP contribution in [-0.2, 0) is 6.61 Å². The predicted octanol–water partition coefficient (Wildman–Crippen LogP) is 1.80. The highest BCUT2D eigenvalue weighted by Gasteiger charge is 2.06. The maximum Gasteiger partial charge on any atom is 0.0681 e. The minimum atomic E-state index is 0.0923. The SMILES string of the molecule is C=CCC(CN)c1ccc(CO)cc1. The van der Waals surface area contributed by atoms with Gasteiger partial charge in [-0.1, -0.05) is 30.3 Å². The van der Waals surface area contributed by atoms with Crippen LogP contribution >= 0.6 is 0 Å². The monoisotopic (exact) mass is 191 g/mol. The van der Waals surface area contributed by atoms with E-state index in [2.05, 4.69) is 6.58 Å². The molecule has 0 saturated carbocycles. The molecule has 1 rings (SSSR count). The largest absolute Gasteiger partial charge is 0.392 e. The van der Waals surface area contributed by atoms with Crippen molar-refractivity contribution in [2.45, 2.75) is 18.9 Å². The minimum absolute atomic E-state index is 0.0923. The van der Waals surface area contributed by atoms with E-state index in [0.717, 1.165) is 12.0 Å². The summed E-state index contributed by atoms with van der Waals surface area (Å²) in [6.45, 7) is 4.43. The Hall–Kier alpha value is -1.12. The molecule has 1 unspecified atom stereocenters. The zero-order valence-corrected chi connectivity index (χ0v) is 8.32. The lowest BCUT2D eigenvalue weighted by molar-refractivity contribution is 0.282. The molecule has 1 atom stereocenters. The van der Waals surface area contributed by atoms with Gasteiger partial charge in [-0.2, -0.15) is 0 Å². The fourth-order valence-electron chi connectivity index (χ4n) is 1.46. The van der Waals surface area contributed by atoms with Crippen molar-refractivity contribution in [3.8, 4) is 0 Å². The molecule has 76 valence electrons. The average molecular weight is 191 g/mol. The first-order valence-corrected chi connectivity index (χ1v) is 4.82. The molecule has 0 aliphatic heterocycles. The van der Waals surface area contributed by atoms with Gasteiger partial charge in [-0.05, 0) is 30.0 Å². The van der Waals surface area contributed by atoms with Crippen LogP contribution in [0.15, 0.2) is 36.9 Å². The summed E-state index contributed by atoms with van der Waals surface area (Å²) in [6.07, 6.45) is 2.78. The van der Waals surface area contributed by atoms with Crippen molar-refractivity contribution in [3.63, 3.8) is 0 Å². The van der Waals surface area contributed by atoms with Crippen LogP contribution in [0.1, 0.15) is 23.5 Å². The molecule has 2 heteroatoms. The predicted molar refractivity (Wildman–Crippen MR) is 59.0 cm³/mol. The summed E-state index contributed by atoms with van der Waals surface area (Å²) in [5, 5.41) is 8.89. The number of hydrogen-bond acceptors (Lipinski definition) is 2. The van der Waals surface area contributed by atoms with Gasteiger partial charge in [0.25, 0.3) is 0 Å². The Morgan fingerprint density at radius 3 is 2.43 bits per heavy atom. The summed E-state index contributed by atoms with van der Waals surface area (Å²) in [7, 11) is 0. The number of allylic oxidation sites excluding steroid dienone is 1. The molecule has 0 aliphatic rings. The summed E-state index contributed by atoms with van der Waals surface area (Å²) in [5.41, 5.74) is 7.81. The fraction of sp³-hybridized carbons (Fsp3) is 0.333. The highest BCUT2D eigenvalue weighted by molar-refractivity contribution is 5.25. The van der Waals surface area contributed by atoms with Crippen molar-refractivity contribution < 1.29 is 5.11 Å². The Morgan fingerprint density at radius 2 is 2.00 bits per heavy atom. The van der Waals surface area contributed by atoms with Crippen LogP contribution in [0.4, 0.5) is 0 Å². The van der Waals surface area contributed by atoms with Crippen LogP contribution < -0.4 is 5.73 Å². The second-order valence-corrected chi connectivity index (χ2v) is 3.36. The molecule has 14 heavy (non-hydrogen) atoms. The maximum absolute atomic E-state index is 8.89. The lowest BCUT2D eigenvalue weighted by atomic mass is 9.95. The third-order valence-corrected chi connectivity index (χ3v) is 2.37. The van der Waals surface area contributed by atoms with Gasteiger partial charge >= 0.3 is 0 Å². The van der Waals surface area contributed by atoms with E-state index in [1.165, 1.54) is 5.56 Å². The molecule has 0 aliphatic carbocycles. The number of nitrogens with two attached hydrogens (primary N) is 1. The van der Waals surface area contributed by atoms with Crippen molar-refractivity contribution in [3.05, 3.63) is 48.0 Å². The van der Waals surface area contributed by atoms with E-state index in [1.54, 1.807) is 0 Å². The van der Waals surface area contributed by atoms with Gasteiger partial charge in [0, 0.05) is 0 Å². The Morgan fingerprint density at radius 1 is 1.36 bits per heavy atom. The first-order chi connectivity index (χ1) is 6.81.